The Morgan fingerprint density at radius 2 is 2.06 bits per heavy atom. The van der Waals surface area contributed by atoms with Gasteiger partial charge in [0.2, 0.25) is 5.56 Å². The van der Waals surface area contributed by atoms with Crippen molar-refractivity contribution in [3.8, 4) is 0 Å². The molecule has 0 saturated heterocycles. The number of hydrogen-bond acceptors (Lipinski definition) is 3. The van der Waals surface area contributed by atoms with E-state index in [1.54, 1.807) is 12.1 Å². The maximum Gasteiger partial charge on any atom is 0.320 e. The Balaban J connectivity index is 0.00000162. The zero-order valence-electron chi connectivity index (χ0n) is 9.42. The third kappa shape index (κ3) is 2.88. The summed E-state index contributed by atoms with van der Waals surface area (Å²) in [5, 5.41) is 9.60. The molecule has 1 aromatic carbocycles. The number of benzene rings is 1. The first-order chi connectivity index (χ1) is 8.08. The lowest BCUT2D eigenvalue weighted by molar-refractivity contribution is -0.138. The van der Waals surface area contributed by atoms with Gasteiger partial charge in [-0.3, -0.25) is 9.59 Å². The van der Waals surface area contributed by atoms with Crippen LogP contribution in [0.4, 0.5) is 0 Å². The number of carboxylic acid groups (broad SMARTS) is 1. The average Bonchev–Trinajstić information content (AvgIpc) is 2.28. The van der Waals surface area contributed by atoms with Gasteiger partial charge in [0.05, 0.1) is 0 Å². The zero-order valence-corrected chi connectivity index (χ0v) is 10.2. The molecule has 2 aromatic rings. The SMILES string of the molecule is Cl.N[C@H](Cc1cc(=O)[nH]c2ccccc12)C(=O)O. The molecule has 0 spiro atoms. The first-order valence-corrected chi connectivity index (χ1v) is 5.17. The maximum atomic E-state index is 11.4. The van der Waals surface area contributed by atoms with E-state index in [-0.39, 0.29) is 24.4 Å². The second-order valence-electron chi connectivity index (χ2n) is 3.85. The largest absolute Gasteiger partial charge is 0.480 e. The van der Waals surface area contributed by atoms with Crippen molar-refractivity contribution in [2.45, 2.75) is 12.5 Å². The second kappa shape index (κ2) is 5.66. The van der Waals surface area contributed by atoms with E-state index >= 15 is 0 Å². The highest BCUT2D eigenvalue weighted by molar-refractivity contribution is 5.85. The van der Waals surface area contributed by atoms with Crippen molar-refractivity contribution in [1.82, 2.24) is 4.98 Å². The molecule has 1 aromatic heterocycles. The van der Waals surface area contributed by atoms with E-state index in [4.69, 9.17) is 10.8 Å². The van der Waals surface area contributed by atoms with Crippen LogP contribution in [0.1, 0.15) is 5.56 Å². The van der Waals surface area contributed by atoms with Gasteiger partial charge >= 0.3 is 5.97 Å². The van der Waals surface area contributed by atoms with Gasteiger partial charge in [0.15, 0.2) is 0 Å². The van der Waals surface area contributed by atoms with E-state index < -0.39 is 12.0 Å². The lowest BCUT2D eigenvalue weighted by Crippen LogP contribution is -2.32. The fourth-order valence-electron chi connectivity index (χ4n) is 1.77. The molecule has 2 rings (SSSR count). The molecule has 0 aliphatic carbocycles. The molecule has 0 aliphatic rings. The van der Waals surface area contributed by atoms with Crippen LogP contribution >= 0.6 is 12.4 Å². The van der Waals surface area contributed by atoms with Crippen LogP contribution in [0.3, 0.4) is 0 Å². The Labute approximate surface area is 109 Å². The first-order valence-electron chi connectivity index (χ1n) is 5.17. The van der Waals surface area contributed by atoms with Gasteiger partial charge < -0.3 is 15.8 Å². The fourth-order valence-corrected chi connectivity index (χ4v) is 1.77. The van der Waals surface area contributed by atoms with E-state index in [9.17, 15) is 9.59 Å². The molecule has 0 radical (unpaired) electrons. The normalized spacial score (nSPS) is 11.8. The highest BCUT2D eigenvalue weighted by Gasteiger charge is 2.14. The van der Waals surface area contributed by atoms with Crippen molar-refractivity contribution in [3.63, 3.8) is 0 Å². The fraction of sp³-hybridized carbons (Fsp3) is 0.167. The molecule has 1 atom stereocenters. The van der Waals surface area contributed by atoms with Crippen LogP contribution in [-0.4, -0.2) is 22.1 Å². The summed E-state index contributed by atoms with van der Waals surface area (Å²) in [5.41, 5.74) is 6.56. The summed E-state index contributed by atoms with van der Waals surface area (Å²) in [6.45, 7) is 0. The van der Waals surface area contributed by atoms with Crippen molar-refractivity contribution < 1.29 is 9.90 Å². The van der Waals surface area contributed by atoms with Crippen molar-refractivity contribution >= 4 is 29.3 Å². The number of fused-ring (bicyclic) bond motifs is 1. The van der Waals surface area contributed by atoms with Gasteiger partial charge in [-0.2, -0.15) is 0 Å². The Bertz CT molecular complexity index is 624. The molecular weight excluding hydrogens is 256 g/mol. The number of H-pyrrole nitrogens is 1. The standard InChI is InChI=1S/C12H12N2O3.ClH/c13-9(12(16)17)5-7-6-11(15)14-10-4-2-1-3-8(7)10;/h1-4,6,9H,5,13H2,(H,14,15)(H,16,17);1H/t9-;/m1./s1. The quantitative estimate of drug-likeness (QED) is 0.771. The van der Waals surface area contributed by atoms with E-state index in [1.807, 2.05) is 12.1 Å². The van der Waals surface area contributed by atoms with Crippen molar-refractivity contribution in [1.29, 1.82) is 0 Å². The molecule has 1 heterocycles. The van der Waals surface area contributed by atoms with Crippen LogP contribution in [0, 0.1) is 0 Å². The molecule has 0 unspecified atom stereocenters. The maximum absolute atomic E-state index is 11.4. The number of rotatable bonds is 3. The number of para-hydroxylation sites is 1. The number of carboxylic acids is 1. The first kappa shape index (κ1) is 14.2. The topological polar surface area (TPSA) is 96.2 Å². The number of aromatic nitrogens is 1. The number of aromatic amines is 1. The monoisotopic (exact) mass is 268 g/mol. The van der Waals surface area contributed by atoms with Crippen molar-refractivity contribution in [2.75, 3.05) is 0 Å². The summed E-state index contributed by atoms with van der Waals surface area (Å²) in [5.74, 6) is -1.07. The summed E-state index contributed by atoms with van der Waals surface area (Å²) in [6, 6.07) is 7.63. The molecule has 5 nitrogen and oxygen atoms in total. The van der Waals surface area contributed by atoms with E-state index in [2.05, 4.69) is 4.98 Å². The minimum atomic E-state index is -1.07. The van der Waals surface area contributed by atoms with Crippen LogP contribution in [0.15, 0.2) is 35.1 Å². The van der Waals surface area contributed by atoms with Gasteiger partial charge in [0.1, 0.15) is 6.04 Å². The molecule has 0 saturated carbocycles. The minimum Gasteiger partial charge on any atom is -0.480 e. The highest BCUT2D eigenvalue weighted by Crippen LogP contribution is 2.15. The third-order valence-electron chi connectivity index (χ3n) is 2.59. The van der Waals surface area contributed by atoms with Crippen LogP contribution in [0.25, 0.3) is 10.9 Å². The number of hydrogen-bond donors (Lipinski definition) is 3. The van der Waals surface area contributed by atoms with Gasteiger partial charge in [-0.05, 0) is 18.1 Å². The van der Waals surface area contributed by atoms with Crippen LogP contribution in [-0.2, 0) is 11.2 Å². The van der Waals surface area contributed by atoms with Crippen LogP contribution < -0.4 is 11.3 Å². The van der Waals surface area contributed by atoms with Crippen molar-refractivity contribution in [2.24, 2.45) is 5.73 Å². The summed E-state index contributed by atoms with van der Waals surface area (Å²) in [7, 11) is 0. The number of aliphatic carboxylic acids is 1. The third-order valence-corrected chi connectivity index (χ3v) is 2.59. The molecule has 0 fully saturated rings. The van der Waals surface area contributed by atoms with E-state index in [0.29, 0.717) is 11.1 Å². The second-order valence-corrected chi connectivity index (χ2v) is 3.85. The number of nitrogens with two attached hydrogens (primary N) is 1. The highest BCUT2D eigenvalue weighted by atomic mass is 35.5. The van der Waals surface area contributed by atoms with E-state index in [1.165, 1.54) is 6.07 Å². The number of carbonyl (C=O) groups is 1. The molecule has 18 heavy (non-hydrogen) atoms. The number of pyridine rings is 1. The molecule has 0 amide bonds. The lowest BCUT2D eigenvalue weighted by atomic mass is 10.0. The van der Waals surface area contributed by atoms with Crippen LogP contribution in [0.5, 0.6) is 0 Å². The Morgan fingerprint density at radius 3 is 2.72 bits per heavy atom. The molecule has 6 heteroatoms. The summed E-state index contributed by atoms with van der Waals surface area (Å²) in [4.78, 5) is 24.8. The Hall–Kier alpha value is -1.85. The predicted octanol–water partition coefficient (Wildman–Crippen LogP) is 0.904. The average molecular weight is 269 g/mol. The predicted molar refractivity (Wildman–Crippen MR) is 71.1 cm³/mol. The molecule has 0 aliphatic heterocycles. The van der Waals surface area contributed by atoms with Gasteiger partial charge in [-0.25, -0.2) is 0 Å². The van der Waals surface area contributed by atoms with Gasteiger partial charge in [-0.1, -0.05) is 18.2 Å². The summed E-state index contributed by atoms with van der Waals surface area (Å²) >= 11 is 0. The molecule has 0 bridgehead atoms. The molecule has 4 N–H and O–H groups in total. The minimum absolute atomic E-state index is 0. The van der Waals surface area contributed by atoms with Crippen molar-refractivity contribution in [3.05, 3.63) is 46.2 Å². The summed E-state index contributed by atoms with van der Waals surface area (Å²) < 4.78 is 0. The van der Waals surface area contributed by atoms with Gasteiger partial charge in [0, 0.05) is 17.0 Å². The lowest BCUT2D eigenvalue weighted by Gasteiger charge is -2.09. The van der Waals surface area contributed by atoms with Gasteiger partial charge in [-0.15, -0.1) is 12.4 Å². The number of nitrogens with one attached hydrogen (secondary N) is 1. The zero-order chi connectivity index (χ0) is 12.4. The van der Waals surface area contributed by atoms with Gasteiger partial charge in [0.25, 0.3) is 0 Å². The molecular formula is C12H13ClN2O3. The summed E-state index contributed by atoms with van der Waals surface area (Å²) in [6.07, 6.45) is 0.139. The number of halogens is 1. The molecule has 96 valence electrons. The van der Waals surface area contributed by atoms with E-state index in [0.717, 1.165) is 5.39 Å². The van der Waals surface area contributed by atoms with Crippen LogP contribution in [0.2, 0.25) is 0 Å². The Morgan fingerprint density at radius 1 is 1.39 bits per heavy atom. The Kier molecular flexibility index (Phi) is 4.47. The smallest absolute Gasteiger partial charge is 0.320 e.